The minimum Gasteiger partial charge on any atom is -0.488 e. The van der Waals surface area contributed by atoms with Crippen LogP contribution in [0.5, 0.6) is 5.75 Å². The van der Waals surface area contributed by atoms with Crippen LogP contribution in [0.15, 0.2) is 24.3 Å². The lowest BCUT2D eigenvalue weighted by Gasteiger charge is -2.36. The van der Waals surface area contributed by atoms with Crippen LogP contribution >= 0.6 is 0 Å². The highest BCUT2D eigenvalue weighted by molar-refractivity contribution is 5.28. The van der Waals surface area contributed by atoms with Gasteiger partial charge >= 0.3 is 0 Å². The highest BCUT2D eigenvalue weighted by atomic mass is 16.5. The third-order valence-corrected chi connectivity index (χ3v) is 2.61. The second-order valence-electron chi connectivity index (χ2n) is 4.14. The van der Waals surface area contributed by atoms with E-state index < -0.39 is 0 Å². The Kier molecular flexibility index (Phi) is 3.23. The molecule has 1 fully saturated rings. The maximum absolute atomic E-state index is 5.84. The Hall–Kier alpha value is -1.06. The van der Waals surface area contributed by atoms with E-state index in [1.165, 1.54) is 5.56 Å². The summed E-state index contributed by atoms with van der Waals surface area (Å²) in [5.74, 6) is 0.987. The summed E-state index contributed by atoms with van der Waals surface area (Å²) in [4.78, 5) is 2.25. The van der Waals surface area contributed by atoms with E-state index >= 15 is 0 Å². The highest BCUT2D eigenvalue weighted by Crippen LogP contribution is 2.18. The summed E-state index contributed by atoms with van der Waals surface area (Å²) in [6, 6.07) is 8.28. The lowest BCUT2D eigenvalue weighted by atomic mass is 10.2. The van der Waals surface area contributed by atoms with Crippen LogP contribution in [-0.4, -0.2) is 38.2 Å². The van der Waals surface area contributed by atoms with Gasteiger partial charge in [0, 0.05) is 19.6 Å². The number of hydrogen-bond donors (Lipinski definition) is 1. The molecule has 15 heavy (non-hydrogen) atoms. The number of rotatable bonds is 4. The summed E-state index contributed by atoms with van der Waals surface area (Å²) in [6.07, 6.45) is 0.375. The van der Waals surface area contributed by atoms with E-state index in [1.54, 1.807) is 0 Å². The zero-order chi connectivity index (χ0) is 10.7. The Morgan fingerprint density at radius 1 is 1.47 bits per heavy atom. The topological polar surface area (TPSA) is 24.5 Å². The van der Waals surface area contributed by atoms with Gasteiger partial charge in [-0.15, -0.1) is 0 Å². The Bertz CT molecular complexity index is 321. The van der Waals surface area contributed by atoms with Crippen molar-refractivity contribution >= 4 is 0 Å². The Morgan fingerprint density at radius 2 is 2.27 bits per heavy atom. The van der Waals surface area contributed by atoms with Crippen molar-refractivity contribution in [3.8, 4) is 5.75 Å². The summed E-state index contributed by atoms with van der Waals surface area (Å²) < 4.78 is 5.84. The van der Waals surface area contributed by atoms with Crippen molar-refractivity contribution in [1.82, 2.24) is 10.2 Å². The maximum Gasteiger partial charge on any atom is 0.124 e. The monoisotopic (exact) mass is 206 g/mol. The van der Waals surface area contributed by atoms with Gasteiger partial charge in [-0.05, 0) is 31.8 Å². The zero-order valence-corrected chi connectivity index (χ0v) is 9.36. The van der Waals surface area contributed by atoms with Crippen molar-refractivity contribution in [3.63, 3.8) is 0 Å². The molecule has 3 nitrogen and oxygen atoms in total. The van der Waals surface area contributed by atoms with Gasteiger partial charge in [0.2, 0.25) is 0 Å². The summed E-state index contributed by atoms with van der Waals surface area (Å²) in [6.45, 7) is 2.97. The molecule has 0 atom stereocenters. The van der Waals surface area contributed by atoms with Crippen molar-refractivity contribution in [2.24, 2.45) is 0 Å². The van der Waals surface area contributed by atoms with Gasteiger partial charge in [0.15, 0.2) is 0 Å². The molecule has 1 heterocycles. The average molecular weight is 206 g/mol. The van der Waals surface area contributed by atoms with Crippen molar-refractivity contribution in [1.29, 1.82) is 0 Å². The first-order valence-corrected chi connectivity index (χ1v) is 5.36. The standard InChI is InChI=1S/C12H18N2O/c1-13-7-10-4-3-5-11(6-10)15-12-8-14(2)9-12/h3-6,12-13H,7-9H2,1-2H3. The van der Waals surface area contributed by atoms with Crippen molar-refractivity contribution in [3.05, 3.63) is 29.8 Å². The molecule has 0 aliphatic carbocycles. The van der Waals surface area contributed by atoms with Crippen molar-refractivity contribution in [2.75, 3.05) is 27.2 Å². The largest absolute Gasteiger partial charge is 0.488 e. The van der Waals surface area contributed by atoms with E-state index in [0.717, 1.165) is 25.4 Å². The van der Waals surface area contributed by atoms with Gasteiger partial charge < -0.3 is 10.1 Å². The van der Waals surface area contributed by atoms with Crippen LogP contribution in [0.3, 0.4) is 0 Å². The fourth-order valence-electron chi connectivity index (χ4n) is 1.84. The molecular weight excluding hydrogens is 188 g/mol. The van der Waals surface area contributed by atoms with Crippen LogP contribution in [0.1, 0.15) is 5.56 Å². The first kappa shape index (κ1) is 10.5. The third-order valence-electron chi connectivity index (χ3n) is 2.61. The van der Waals surface area contributed by atoms with E-state index in [1.807, 2.05) is 19.2 Å². The first-order chi connectivity index (χ1) is 7.28. The Labute approximate surface area is 91.0 Å². The van der Waals surface area contributed by atoms with Crippen LogP contribution in [0, 0.1) is 0 Å². The normalized spacial score (nSPS) is 17.5. The van der Waals surface area contributed by atoms with Gasteiger partial charge in [-0.25, -0.2) is 0 Å². The fourth-order valence-corrected chi connectivity index (χ4v) is 1.84. The Morgan fingerprint density at radius 3 is 2.93 bits per heavy atom. The van der Waals surface area contributed by atoms with Gasteiger partial charge in [0.25, 0.3) is 0 Å². The molecule has 1 aromatic carbocycles. The Balaban J connectivity index is 1.93. The molecule has 0 radical (unpaired) electrons. The van der Waals surface area contributed by atoms with Crippen LogP contribution in [0.4, 0.5) is 0 Å². The van der Waals surface area contributed by atoms with Crippen molar-refractivity contribution in [2.45, 2.75) is 12.6 Å². The zero-order valence-electron chi connectivity index (χ0n) is 9.36. The van der Waals surface area contributed by atoms with Crippen LogP contribution in [0.25, 0.3) is 0 Å². The molecule has 2 rings (SSSR count). The third kappa shape index (κ3) is 2.70. The molecule has 0 spiro atoms. The van der Waals surface area contributed by atoms with Gasteiger partial charge in [0.05, 0.1) is 0 Å². The fraction of sp³-hybridized carbons (Fsp3) is 0.500. The number of benzene rings is 1. The second kappa shape index (κ2) is 4.64. The first-order valence-electron chi connectivity index (χ1n) is 5.36. The lowest BCUT2D eigenvalue weighted by Crippen LogP contribution is -2.51. The van der Waals surface area contributed by atoms with E-state index in [4.69, 9.17) is 4.74 Å². The summed E-state index contributed by atoms with van der Waals surface area (Å²) >= 11 is 0. The molecule has 0 saturated carbocycles. The quantitative estimate of drug-likeness (QED) is 0.798. The predicted octanol–water partition coefficient (Wildman–Crippen LogP) is 1.10. The lowest BCUT2D eigenvalue weighted by molar-refractivity contribution is 0.0388. The number of likely N-dealkylation sites (tertiary alicyclic amines) is 1. The molecule has 1 N–H and O–H groups in total. The molecule has 1 aliphatic rings. The molecular formula is C12H18N2O. The summed E-state index contributed by atoms with van der Waals surface area (Å²) in [5.41, 5.74) is 1.27. The van der Waals surface area contributed by atoms with E-state index in [2.05, 4.69) is 29.4 Å². The van der Waals surface area contributed by atoms with E-state index in [9.17, 15) is 0 Å². The van der Waals surface area contributed by atoms with E-state index in [0.29, 0.717) is 6.10 Å². The summed E-state index contributed by atoms with van der Waals surface area (Å²) in [7, 11) is 4.06. The number of ether oxygens (including phenoxy) is 1. The molecule has 3 heteroatoms. The SMILES string of the molecule is CNCc1cccc(OC2CN(C)C2)c1. The minimum atomic E-state index is 0.375. The summed E-state index contributed by atoms with van der Waals surface area (Å²) in [5, 5.41) is 3.14. The van der Waals surface area contributed by atoms with Gasteiger partial charge in [0.1, 0.15) is 11.9 Å². The molecule has 1 aromatic rings. The molecule has 82 valence electrons. The number of hydrogen-bond acceptors (Lipinski definition) is 3. The van der Waals surface area contributed by atoms with Crippen molar-refractivity contribution < 1.29 is 4.74 Å². The highest BCUT2D eigenvalue weighted by Gasteiger charge is 2.24. The van der Waals surface area contributed by atoms with Crippen LogP contribution in [0.2, 0.25) is 0 Å². The van der Waals surface area contributed by atoms with Gasteiger partial charge in [-0.1, -0.05) is 12.1 Å². The van der Waals surface area contributed by atoms with E-state index in [-0.39, 0.29) is 0 Å². The molecule has 1 saturated heterocycles. The van der Waals surface area contributed by atoms with Crippen LogP contribution in [-0.2, 0) is 6.54 Å². The van der Waals surface area contributed by atoms with Gasteiger partial charge in [-0.2, -0.15) is 0 Å². The van der Waals surface area contributed by atoms with Gasteiger partial charge in [-0.3, -0.25) is 4.90 Å². The molecule has 0 unspecified atom stereocenters. The minimum absolute atomic E-state index is 0.375. The molecule has 1 aliphatic heterocycles. The molecule has 0 bridgehead atoms. The number of nitrogens with one attached hydrogen (secondary N) is 1. The number of nitrogens with zero attached hydrogens (tertiary/aromatic N) is 1. The second-order valence-corrected chi connectivity index (χ2v) is 4.14. The number of likely N-dealkylation sites (N-methyl/N-ethyl adjacent to an activating group) is 1. The smallest absolute Gasteiger partial charge is 0.124 e. The maximum atomic E-state index is 5.84. The predicted molar refractivity (Wildman–Crippen MR) is 61.1 cm³/mol. The molecule has 0 aromatic heterocycles. The molecule has 0 amide bonds. The average Bonchev–Trinajstić information content (AvgIpc) is 2.17. The van der Waals surface area contributed by atoms with Crippen LogP contribution < -0.4 is 10.1 Å².